The number of carbonyl (C=O) groups excluding carboxylic acids is 1. The molecular weight excluding hydrogens is 164 g/mol. The maximum atomic E-state index is 10.9. The van der Waals surface area contributed by atoms with Crippen molar-refractivity contribution in [1.82, 2.24) is 4.57 Å². The normalized spacial score (nSPS) is 10.5. The van der Waals surface area contributed by atoms with Crippen LogP contribution >= 0.6 is 0 Å². The van der Waals surface area contributed by atoms with Gasteiger partial charge in [-0.3, -0.25) is 4.79 Å². The lowest BCUT2D eigenvalue weighted by molar-refractivity contribution is 0.100. The number of carbonyl (C=O) groups is 1. The van der Waals surface area contributed by atoms with Crippen LogP contribution in [0.15, 0.2) is 30.5 Å². The zero-order valence-electron chi connectivity index (χ0n) is 7.32. The molecule has 0 spiro atoms. The average Bonchev–Trinajstić information content (AvgIpc) is 2.47. The number of benzene rings is 1. The summed E-state index contributed by atoms with van der Waals surface area (Å²) < 4.78 is 1.96. The molecule has 0 saturated heterocycles. The van der Waals surface area contributed by atoms with Gasteiger partial charge in [0.25, 0.3) is 0 Å². The molecule has 3 heteroatoms. The standard InChI is InChI=1S/C10H10N2O/c1-12-5-4-7-2-3-8(10(11)13)6-9(7)12/h2-6H,1H3,(H2,11,13). The lowest BCUT2D eigenvalue weighted by Gasteiger charge is -1.98. The number of aryl methyl sites for hydroxylation is 1. The Hall–Kier alpha value is -1.77. The summed E-state index contributed by atoms with van der Waals surface area (Å²) in [5.74, 6) is -0.386. The van der Waals surface area contributed by atoms with Crippen LogP contribution in [0.5, 0.6) is 0 Å². The van der Waals surface area contributed by atoms with E-state index >= 15 is 0 Å². The van der Waals surface area contributed by atoms with Gasteiger partial charge in [-0.25, -0.2) is 0 Å². The summed E-state index contributed by atoms with van der Waals surface area (Å²) in [6, 6.07) is 7.44. The minimum atomic E-state index is -0.386. The van der Waals surface area contributed by atoms with E-state index in [1.807, 2.05) is 29.9 Å². The van der Waals surface area contributed by atoms with E-state index in [-0.39, 0.29) is 5.91 Å². The highest BCUT2D eigenvalue weighted by Gasteiger charge is 2.02. The summed E-state index contributed by atoms with van der Waals surface area (Å²) >= 11 is 0. The molecule has 1 aromatic heterocycles. The first-order valence-corrected chi connectivity index (χ1v) is 4.03. The van der Waals surface area contributed by atoms with Crippen LogP contribution in [0.3, 0.4) is 0 Å². The second kappa shape index (κ2) is 2.62. The van der Waals surface area contributed by atoms with Crippen molar-refractivity contribution < 1.29 is 4.79 Å². The number of primary amides is 1. The topological polar surface area (TPSA) is 48.0 Å². The molecule has 0 aliphatic rings. The number of nitrogens with two attached hydrogens (primary N) is 1. The Morgan fingerprint density at radius 3 is 2.85 bits per heavy atom. The summed E-state index contributed by atoms with van der Waals surface area (Å²) in [7, 11) is 1.94. The molecule has 0 fully saturated rings. The largest absolute Gasteiger partial charge is 0.366 e. The van der Waals surface area contributed by atoms with Crippen LogP contribution in [0, 0.1) is 0 Å². The van der Waals surface area contributed by atoms with Crippen LogP contribution in [0.2, 0.25) is 0 Å². The molecule has 0 saturated carbocycles. The molecule has 0 aliphatic heterocycles. The van der Waals surface area contributed by atoms with Crippen molar-refractivity contribution in [2.45, 2.75) is 0 Å². The third kappa shape index (κ3) is 1.18. The molecule has 0 radical (unpaired) electrons. The number of amides is 1. The van der Waals surface area contributed by atoms with E-state index in [0.717, 1.165) is 10.9 Å². The molecule has 13 heavy (non-hydrogen) atoms. The van der Waals surface area contributed by atoms with Crippen molar-refractivity contribution in [2.75, 3.05) is 0 Å². The number of nitrogens with zero attached hydrogens (tertiary/aromatic N) is 1. The highest BCUT2D eigenvalue weighted by molar-refractivity contribution is 5.96. The average molecular weight is 174 g/mol. The van der Waals surface area contributed by atoms with E-state index in [9.17, 15) is 4.79 Å². The fourth-order valence-electron chi connectivity index (χ4n) is 1.42. The highest BCUT2D eigenvalue weighted by atomic mass is 16.1. The van der Waals surface area contributed by atoms with E-state index in [1.54, 1.807) is 12.1 Å². The minimum absolute atomic E-state index is 0.386. The molecule has 0 aliphatic carbocycles. The number of hydrogen-bond donors (Lipinski definition) is 1. The smallest absolute Gasteiger partial charge is 0.248 e. The quantitative estimate of drug-likeness (QED) is 0.695. The zero-order chi connectivity index (χ0) is 9.42. The molecule has 1 heterocycles. The number of hydrogen-bond acceptors (Lipinski definition) is 1. The van der Waals surface area contributed by atoms with E-state index in [4.69, 9.17) is 5.73 Å². The SMILES string of the molecule is Cn1ccc2ccc(C(N)=O)cc21. The van der Waals surface area contributed by atoms with Crippen LogP contribution in [0.4, 0.5) is 0 Å². The van der Waals surface area contributed by atoms with Crippen LogP contribution in [0.25, 0.3) is 10.9 Å². The summed E-state index contributed by atoms with van der Waals surface area (Å²) in [5.41, 5.74) is 6.75. The van der Waals surface area contributed by atoms with Gasteiger partial charge in [-0.2, -0.15) is 0 Å². The van der Waals surface area contributed by atoms with Gasteiger partial charge >= 0.3 is 0 Å². The van der Waals surface area contributed by atoms with Crippen molar-refractivity contribution >= 4 is 16.8 Å². The van der Waals surface area contributed by atoms with Gasteiger partial charge in [0.15, 0.2) is 0 Å². The van der Waals surface area contributed by atoms with Gasteiger partial charge in [-0.05, 0) is 23.6 Å². The number of aromatic nitrogens is 1. The Balaban J connectivity index is 2.72. The Morgan fingerprint density at radius 2 is 2.15 bits per heavy atom. The van der Waals surface area contributed by atoms with E-state index in [1.165, 1.54) is 0 Å². The molecule has 0 unspecified atom stereocenters. The molecule has 1 amide bonds. The second-order valence-corrected chi connectivity index (χ2v) is 3.06. The second-order valence-electron chi connectivity index (χ2n) is 3.06. The van der Waals surface area contributed by atoms with Crippen LogP contribution < -0.4 is 5.73 Å². The third-order valence-electron chi connectivity index (χ3n) is 2.17. The van der Waals surface area contributed by atoms with E-state index < -0.39 is 0 Å². The maximum absolute atomic E-state index is 10.9. The summed E-state index contributed by atoms with van der Waals surface area (Å²) in [4.78, 5) is 10.9. The molecule has 66 valence electrons. The van der Waals surface area contributed by atoms with Crippen molar-refractivity contribution in [3.8, 4) is 0 Å². The van der Waals surface area contributed by atoms with Crippen molar-refractivity contribution in [2.24, 2.45) is 12.8 Å². The summed E-state index contributed by atoms with van der Waals surface area (Å²) in [5, 5.41) is 1.12. The predicted octanol–water partition coefficient (Wildman–Crippen LogP) is 1.28. The van der Waals surface area contributed by atoms with Gasteiger partial charge in [0, 0.05) is 24.3 Å². The van der Waals surface area contributed by atoms with E-state index in [2.05, 4.69) is 0 Å². The van der Waals surface area contributed by atoms with Crippen LogP contribution in [-0.4, -0.2) is 10.5 Å². The third-order valence-corrected chi connectivity index (χ3v) is 2.17. The van der Waals surface area contributed by atoms with Crippen molar-refractivity contribution in [3.63, 3.8) is 0 Å². The fraction of sp³-hybridized carbons (Fsp3) is 0.100. The molecule has 2 rings (SSSR count). The van der Waals surface area contributed by atoms with E-state index in [0.29, 0.717) is 5.56 Å². The van der Waals surface area contributed by atoms with Crippen molar-refractivity contribution in [1.29, 1.82) is 0 Å². The molecular formula is C10H10N2O. The fourth-order valence-corrected chi connectivity index (χ4v) is 1.42. The first kappa shape index (κ1) is 7.86. The van der Waals surface area contributed by atoms with Crippen LogP contribution in [-0.2, 0) is 7.05 Å². The van der Waals surface area contributed by atoms with Gasteiger partial charge in [-0.15, -0.1) is 0 Å². The summed E-state index contributed by atoms with van der Waals surface area (Å²) in [6.07, 6.45) is 1.95. The first-order valence-electron chi connectivity index (χ1n) is 4.03. The lowest BCUT2D eigenvalue weighted by atomic mass is 10.1. The monoisotopic (exact) mass is 174 g/mol. The Bertz CT molecular complexity index is 471. The molecule has 0 bridgehead atoms. The van der Waals surface area contributed by atoms with Gasteiger partial charge in [0.2, 0.25) is 5.91 Å². The predicted molar refractivity (Wildman–Crippen MR) is 51.4 cm³/mol. The lowest BCUT2D eigenvalue weighted by Crippen LogP contribution is -2.10. The Morgan fingerprint density at radius 1 is 1.38 bits per heavy atom. The molecule has 1 aromatic carbocycles. The van der Waals surface area contributed by atoms with Gasteiger partial charge in [0.1, 0.15) is 0 Å². The van der Waals surface area contributed by atoms with Gasteiger partial charge in [-0.1, -0.05) is 6.07 Å². The van der Waals surface area contributed by atoms with Gasteiger partial charge < -0.3 is 10.3 Å². The Labute approximate surface area is 75.8 Å². The first-order chi connectivity index (χ1) is 6.18. The molecule has 2 N–H and O–H groups in total. The zero-order valence-corrected chi connectivity index (χ0v) is 7.32. The van der Waals surface area contributed by atoms with Gasteiger partial charge in [0.05, 0.1) is 0 Å². The maximum Gasteiger partial charge on any atom is 0.248 e. The highest BCUT2D eigenvalue weighted by Crippen LogP contribution is 2.15. The number of rotatable bonds is 1. The molecule has 2 aromatic rings. The molecule has 0 atom stereocenters. The summed E-state index contributed by atoms with van der Waals surface area (Å²) in [6.45, 7) is 0. The molecule has 3 nitrogen and oxygen atoms in total. The minimum Gasteiger partial charge on any atom is -0.366 e. The van der Waals surface area contributed by atoms with Crippen LogP contribution in [0.1, 0.15) is 10.4 Å². The Kier molecular flexibility index (Phi) is 1.59. The van der Waals surface area contributed by atoms with Crippen molar-refractivity contribution in [3.05, 3.63) is 36.0 Å². The number of fused-ring (bicyclic) bond motifs is 1.